The second-order valence-electron chi connectivity index (χ2n) is 7.64. The van der Waals surface area contributed by atoms with Crippen LogP contribution in [0.2, 0.25) is 0 Å². The largest absolute Gasteiger partial charge is 0.378 e. The van der Waals surface area contributed by atoms with Crippen molar-refractivity contribution in [1.29, 1.82) is 10.8 Å². The fourth-order valence-corrected chi connectivity index (χ4v) is 3.16. The molecule has 1 heterocycles. The quantitative estimate of drug-likeness (QED) is 0.233. The Morgan fingerprint density at radius 1 is 1.35 bits per heavy atom. The Morgan fingerprint density at radius 2 is 2.00 bits per heavy atom. The molecule has 1 rings (SSSR count). The fraction of sp³-hybridized carbons (Fsp3) is 0.833. The Morgan fingerprint density at radius 3 is 2.50 bits per heavy atom. The van der Waals surface area contributed by atoms with E-state index in [1.54, 1.807) is 21.0 Å². The number of amidine groups is 1. The van der Waals surface area contributed by atoms with Crippen molar-refractivity contribution >= 4 is 17.5 Å². The molecule has 0 aromatic heterocycles. The summed E-state index contributed by atoms with van der Waals surface area (Å²) in [6, 6.07) is 0.243. The maximum atomic E-state index is 12.5. The van der Waals surface area contributed by atoms with Gasteiger partial charge in [0.25, 0.3) is 0 Å². The Labute approximate surface area is 157 Å². The van der Waals surface area contributed by atoms with Crippen molar-refractivity contribution in [3.63, 3.8) is 0 Å². The summed E-state index contributed by atoms with van der Waals surface area (Å²) in [7, 11) is 1.68. The van der Waals surface area contributed by atoms with Crippen LogP contribution in [0.3, 0.4) is 0 Å². The zero-order chi connectivity index (χ0) is 19.9. The van der Waals surface area contributed by atoms with E-state index in [-0.39, 0.29) is 30.3 Å². The summed E-state index contributed by atoms with van der Waals surface area (Å²) in [5, 5.41) is 22.5. The molecule has 6 N–H and O–H groups in total. The van der Waals surface area contributed by atoms with Crippen molar-refractivity contribution in [3.8, 4) is 0 Å². The van der Waals surface area contributed by atoms with Crippen LogP contribution in [0.25, 0.3) is 0 Å². The van der Waals surface area contributed by atoms with Gasteiger partial charge in [-0.2, -0.15) is 0 Å². The molecule has 0 spiro atoms. The van der Waals surface area contributed by atoms with E-state index in [9.17, 15) is 4.79 Å². The molecule has 4 unspecified atom stereocenters. The van der Waals surface area contributed by atoms with Gasteiger partial charge in [-0.3, -0.25) is 10.2 Å². The lowest BCUT2D eigenvalue weighted by molar-refractivity contribution is -0.123. The fourth-order valence-electron chi connectivity index (χ4n) is 3.16. The topological polar surface area (TPSA) is 127 Å². The van der Waals surface area contributed by atoms with Crippen LogP contribution in [0, 0.1) is 22.7 Å². The molecule has 1 saturated heterocycles. The number of methoxy groups -OCH3 is 1. The molecule has 0 aromatic rings. The minimum Gasteiger partial charge on any atom is -0.378 e. The number of amides is 1. The van der Waals surface area contributed by atoms with E-state index >= 15 is 0 Å². The number of nitrogens with two attached hydrogens (primary N) is 1. The molecule has 4 atom stereocenters. The summed E-state index contributed by atoms with van der Waals surface area (Å²) in [6.45, 7) is 9.84. The van der Waals surface area contributed by atoms with Gasteiger partial charge in [0.05, 0.1) is 12.3 Å². The van der Waals surface area contributed by atoms with Gasteiger partial charge >= 0.3 is 0 Å². The standard InChI is InChI=1S/C18H36N6O2/c1-11(2)9-22-15-6-7-24(10-16(15)26-5)17(21)14(8-12(3)19)18(25)23-13(4)20/h11,13-16,19,21-22H,6-10,20H2,1-5H3,(H,23,25). The molecule has 0 radical (unpaired) electrons. The molecular weight excluding hydrogens is 332 g/mol. The van der Waals surface area contributed by atoms with E-state index in [0.717, 1.165) is 13.0 Å². The first kappa shape index (κ1) is 22.5. The maximum Gasteiger partial charge on any atom is 0.232 e. The van der Waals surface area contributed by atoms with E-state index < -0.39 is 12.1 Å². The smallest absolute Gasteiger partial charge is 0.232 e. The molecule has 0 aliphatic carbocycles. The normalized spacial score (nSPS) is 22.8. The van der Waals surface area contributed by atoms with Crippen LogP contribution in [0.1, 0.15) is 40.5 Å². The molecule has 1 aliphatic heterocycles. The lowest BCUT2D eigenvalue weighted by Gasteiger charge is -2.41. The molecule has 0 bridgehead atoms. The van der Waals surface area contributed by atoms with Crippen molar-refractivity contribution in [2.45, 2.75) is 58.8 Å². The lowest BCUT2D eigenvalue weighted by atomic mass is 9.95. The SMILES string of the molecule is COC1CN(C(=N)C(CC(C)=N)C(=O)NC(C)N)CCC1NCC(C)C. The first-order chi connectivity index (χ1) is 12.1. The highest BCUT2D eigenvalue weighted by atomic mass is 16.5. The second kappa shape index (κ2) is 10.6. The predicted octanol–water partition coefficient (Wildman–Crippen LogP) is 0.765. The van der Waals surface area contributed by atoms with Crippen LogP contribution in [-0.2, 0) is 9.53 Å². The van der Waals surface area contributed by atoms with E-state index in [1.165, 1.54) is 0 Å². The van der Waals surface area contributed by atoms with Crippen molar-refractivity contribution in [3.05, 3.63) is 0 Å². The molecular formula is C18H36N6O2. The highest BCUT2D eigenvalue weighted by Gasteiger charge is 2.34. The average Bonchev–Trinajstić information content (AvgIpc) is 2.56. The summed E-state index contributed by atoms with van der Waals surface area (Å²) in [5.74, 6) is -0.202. The van der Waals surface area contributed by atoms with Crippen molar-refractivity contribution in [1.82, 2.24) is 15.5 Å². The minimum absolute atomic E-state index is 0.0407. The van der Waals surface area contributed by atoms with E-state index in [0.29, 0.717) is 24.7 Å². The Kier molecular flexibility index (Phi) is 9.18. The van der Waals surface area contributed by atoms with Crippen molar-refractivity contribution in [2.24, 2.45) is 17.6 Å². The summed E-state index contributed by atoms with van der Waals surface area (Å²) < 4.78 is 5.64. The number of nitrogens with one attached hydrogen (secondary N) is 4. The number of rotatable bonds is 9. The van der Waals surface area contributed by atoms with E-state index in [4.69, 9.17) is 21.3 Å². The summed E-state index contributed by atoms with van der Waals surface area (Å²) in [5.41, 5.74) is 6.03. The van der Waals surface area contributed by atoms with Crippen LogP contribution in [0.15, 0.2) is 0 Å². The molecule has 26 heavy (non-hydrogen) atoms. The summed E-state index contributed by atoms with van der Waals surface area (Å²) in [6.07, 6.45) is 0.543. The zero-order valence-corrected chi connectivity index (χ0v) is 16.8. The van der Waals surface area contributed by atoms with Crippen LogP contribution >= 0.6 is 0 Å². The van der Waals surface area contributed by atoms with Gasteiger partial charge in [-0.25, -0.2) is 0 Å². The van der Waals surface area contributed by atoms with Gasteiger partial charge in [-0.05, 0) is 32.7 Å². The van der Waals surface area contributed by atoms with Gasteiger partial charge in [0.2, 0.25) is 5.91 Å². The maximum absolute atomic E-state index is 12.5. The van der Waals surface area contributed by atoms with Gasteiger partial charge < -0.3 is 31.4 Å². The zero-order valence-electron chi connectivity index (χ0n) is 16.8. The van der Waals surface area contributed by atoms with Crippen molar-refractivity contribution in [2.75, 3.05) is 26.7 Å². The molecule has 0 saturated carbocycles. The van der Waals surface area contributed by atoms with Crippen LogP contribution in [0.5, 0.6) is 0 Å². The summed E-state index contributed by atoms with van der Waals surface area (Å²) in [4.78, 5) is 14.4. The monoisotopic (exact) mass is 368 g/mol. The molecule has 1 fully saturated rings. The molecule has 1 amide bonds. The third-order valence-corrected chi connectivity index (χ3v) is 4.52. The van der Waals surface area contributed by atoms with Gasteiger partial charge in [0.1, 0.15) is 11.8 Å². The highest BCUT2D eigenvalue weighted by Crippen LogP contribution is 2.19. The number of likely N-dealkylation sites (tertiary alicyclic amines) is 1. The van der Waals surface area contributed by atoms with Gasteiger partial charge in [-0.1, -0.05) is 13.8 Å². The Hall–Kier alpha value is -1.51. The van der Waals surface area contributed by atoms with Crippen LogP contribution in [-0.4, -0.2) is 67.4 Å². The van der Waals surface area contributed by atoms with Gasteiger partial charge in [-0.15, -0.1) is 0 Å². The number of piperidine rings is 1. The predicted molar refractivity (Wildman–Crippen MR) is 105 cm³/mol. The Balaban J connectivity index is 2.79. The number of carbonyl (C=O) groups excluding carboxylic acids is 1. The van der Waals surface area contributed by atoms with E-state index in [1.807, 2.05) is 4.90 Å². The average molecular weight is 369 g/mol. The lowest BCUT2D eigenvalue weighted by Crippen LogP contribution is -2.57. The molecule has 150 valence electrons. The molecule has 8 nitrogen and oxygen atoms in total. The van der Waals surface area contributed by atoms with Crippen LogP contribution < -0.4 is 16.4 Å². The molecule has 8 heteroatoms. The minimum atomic E-state index is -0.698. The third-order valence-electron chi connectivity index (χ3n) is 4.52. The first-order valence-corrected chi connectivity index (χ1v) is 9.35. The van der Waals surface area contributed by atoms with Crippen LogP contribution in [0.4, 0.5) is 0 Å². The highest BCUT2D eigenvalue weighted by molar-refractivity contribution is 6.04. The van der Waals surface area contributed by atoms with Gasteiger partial charge in [0, 0.05) is 38.4 Å². The second-order valence-corrected chi connectivity index (χ2v) is 7.64. The third kappa shape index (κ3) is 7.01. The number of carbonyl (C=O) groups is 1. The van der Waals surface area contributed by atoms with E-state index in [2.05, 4.69) is 24.5 Å². The number of nitrogens with zero attached hydrogens (tertiary/aromatic N) is 1. The first-order valence-electron chi connectivity index (χ1n) is 9.35. The van der Waals surface area contributed by atoms with Crippen molar-refractivity contribution < 1.29 is 9.53 Å². The molecule has 1 aliphatic rings. The number of ether oxygens (including phenoxy) is 1. The molecule has 0 aromatic carbocycles. The van der Waals surface area contributed by atoms with Gasteiger partial charge in [0.15, 0.2) is 0 Å². The number of hydrogen-bond acceptors (Lipinski definition) is 6. The Bertz CT molecular complexity index is 494. The number of hydrogen-bond donors (Lipinski definition) is 5. The summed E-state index contributed by atoms with van der Waals surface area (Å²) >= 11 is 0.